The highest BCUT2D eigenvalue weighted by Crippen LogP contribution is 2.26. The molecule has 0 aliphatic carbocycles. The molecule has 112 valence electrons. The van der Waals surface area contributed by atoms with E-state index < -0.39 is 0 Å². The summed E-state index contributed by atoms with van der Waals surface area (Å²) in [7, 11) is 1.65. The lowest BCUT2D eigenvalue weighted by atomic mass is 10.2. The Hall–Kier alpha value is -2.36. The van der Waals surface area contributed by atoms with Gasteiger partial charge >= 0.3 is 0 Å². The molecule has 0 unspecified atom stereocenters. The van der Waals surface area contributed by atoms with Crippen molar-refractivity contribution < 1.29 is 14.2 Å². The number of hydrogen-bond acceptors (Lipinski definition) is 4. The van der Waals surface area contributed by atoms with Gasteiger partial charge in [-0.2, -0.15) is 0 Å². The number of nitrogens with two attached hydrogens (primary N) is 1. The number of ether oxygens (including phenoxy) is 3. The molecule has 0 bridgehead atoms. The van der Waals surface area contributed by atoms with Crippen LogP contribution in [0.5, 0.6) is 17.2 Å². The topological polar surface area (TPSA) is 53.7 Å². The van der Waals surface area contributed by atoms with Crippen molar-refractivity contribution >= 4 is 5.69 Å². The summed E-state index contributed by atoms with van der Waals surface area (Å²) in [5.41, 5.74) is 7.55. The number of anilines is 1. The molecule has 0 radical (unpaired) electrons. The van der Waals surface area contributed by atoms with Crippen LogP contribution in [-0.4, -0.2) is 13.2 Å². The Labute approximate surface area is 125 Å². The molecule has 0 fully saturated rings. The molecule has 2 rings (SSSR count). The summed E-state index contributed by atoms with van der Waals surface area (Å²) in [6, 6.07) is 13.2. The first-order chi connectivity index (χ1) is 10.1. The van der Waals surface area contributed by atoms with E-state index >= 15 is 0 Å². The number of nitrogen functional groups attached to an aromatic ring is 1. The van der Waals surface area contributed by atoms with E-state index in [0.29, 0.717) is 18.0 Å². The van der Waals surface area contributed by atoms with Crippen LogP contribution in [0.4, 0.5) is 5.69 Å². The summed E-state index contributed by atoms with van der Waals surface area (Å²) in [6.07, 6.45) is 0.0984. The van der Waals surface area contributed by atoms with Gasteiger partial charge in [0.05, 0.1) is 13.2 Å². The van der Waals surface area contributed by atoms with Crippen molar-refractivity contribution in [2.75, 3.05) is 12.8 Å². The molecule has 0 aliphatic rings. The summed E-state index contributed by atoms with van der Waals surface area (Å²) in [5, 5.41) is 0. The third-order valence-corrected chi connectivity index (χ3v) is 2.84. The van der Waals surface area contributed by atoms with E-state index in [2.05, 4.69) is 0 Å². The zero-order valence-corrected chi connectivity index (χ0v) is 12.6. The first-order valence-corrected chi connectivity index (χ1v) is 6.90. The van der Waals surface area contributed by atoms with E-state index in [1.54, 1.807) is 19.2 Å². The van der Waals surface area contributed by atoms with E-state index in [1.807, 2.05) is 44.2 Å². The second kappa shape index (κ2) is 6.88. The average Bonchev–Trinajstić information content (AvgIpc) is 2.44. The highest BCUT2D eigenvalue weighted by atomic mass is 16.5. The number of rotatable bonds is 6. The Morgan fingerprint density at radius 2 is 1.62 bits per heavy atom. The van der Waals surface area contributed by atoms with Gasteiger partial charge in [0.1, 0.15) is 23.9 Å². The number of methoxy groups -OCH3 is 1. The lowest BCUT2D eigenvalue weighted by Gasteiger charge is -2.13. The van der Waals surface area contributed by atoms with E-state index in [-0.39, 0.29) is 6.10 Å². The molecule has 0 spiro atoms. The second-order valence-corrected chi connectivity index (χ2v) is 5.04. The summed E-state index contributed by atoms with van der Waals surface area (Å²) in [5.74, 6) is 2.24. The molecule has 0 heterocycles. The summed E-state index contributed by atoms with van der Waals surface area (Å²) in [6.45, 7) is 4.41. The van der Waals surface area contributed by atoms with Crippen LogP contribution in [0.3, 0.4) is 0 Å². The van der Waals surface area contributed by atoms with Gasteiger partial charge in [0.2, 0.25) is 0 Å². The Balaban J connectivity index is 2.03. The first-order valence-electron chi connectivity index (χ1n) is 6.90. The van der Waals surface area contributed by atoms with E-state index in [9.17, 15) is 0 Å². The van der Waals surface area contributed by atoms with Gasteiger partial charge in [0, 0.05) is 23.9 Å². The van der Waals surface area contributed by atoms with Gasteiger partial charge in [-0.3, -0.25) is 0 Å². The van der Waals surface area contributed by atoms with Crippen LogP contribution >= 0.6 is 0 Å². The van der Waals surface area contributed by atoms with E-state index in [0.717, 1.165) is 17.1 Å². The van der Waals surface area contributed by atoms with E-state index in [4.69, 9.17) is 19.9 Å². The quantitative estimate of drug-likeness (QED) is 0.824. The van der Waals surface area contributed by atoms with Crippen molar-refractivity contribution in [1.82, 2.24) is 0 Å². The maximum absolute atomic E-state index is 5.87. The SMILES string of the molecule is COc1ccc(COc2cc(N)cc(OC(C)C)c2)cc1. The van der Waals surface area contributed by atoms with Gasteiger partial charge in [0.25, 0.3) is 0 Å². The molecular formula is C17H21NO3. The zero-order chi connectivity index (χ0) is 15.2. The first kappa shape index (κ1) is 15.0. The normalized spacial score (nSPS) is 10.5. The van der Waals surface area contributed by atoms with Crippen molar-refractivity contribution in [2.45, 2.75) is 26.6 Å². The fourth-order valence-corrected chi connectivity index (χ4v) is 1.91. The summed E-state index contributed by atoms with van der Waals surface area (Å²) in [4.78, 5) is 0. The van der Waals surface area contributed by atoms with Crippen LogP contribution in [0.25, 0.3) is 0 Å². The van der Waals surface area contributed by atoms with Crippen molar-refractivity contribution in [2.24, 2.45) is 0 Å². The van der Waals surface area contributed by atoms with Gasteiger partial charge in [0.15, 0.2) is 0 Å². The average molecular weight is 287 g/mol. The largest absolute Gasteiger partial charge is 0.497 e. The molecule has 4 heteroatoms. The standard InChI is InChI=1S/C17H21NO3/c1-12(2)21-17-9-14(18)8-16(10-17)20-11-13-4-6-15(19-3)7-5-13/h4-10,12H,11,18H2,1-3H3. The minimum atomic E-state index is 0.0984. The highest BCUT2D eigenvalue weighted by molar-refractivity contribution is 5.50. The van der Waals surface area contributed by atoms with Crippen LogP contribution < -0.4 is 19.9 Å². The van der Waals surface area contributed by atoms with Crippen LogP contribution in [-0.2, 0) is 6.61 Å². The van der Waals surface area contributed by atoms with Gasteiger partial charge in [-0.15, -0.1) is 0 Å². The lowest BCUT2D eigenvalue weighted by Crippen LogP contribution is -2.06. The Morgan fingerprint density at radius 1 is 0.952 bits per heavy atom. The third-order valence-electron chi connectivity index (χ3n) is 2.84. The highest BCUT2D eigenvalue weighted by Gasteiger charge is 2.04. The molecule has 21 heavy (non-hydrogen) atoms. The van der Waals surface area contributed by atoms with Gasteiger partial charge in [-0.25, -0.2) is 0 Å². The molecule has 0 amide bonds. The van der Waals surface area contributed by atoms with Crippen molar-refractivity contribution in [3.63, 3.8) is 0 Å². The fraction of sp³-hybridized carbons (Fsp3) is 0.294. The van der Waals surface area contributed by atoms with Crippen LogP contribution in [0.1, 0.15) is 19.4 Å². The minimum Gasteiger partial charge on any atom is -0.497 e. The predicted octanol–water partition coefficient (Wildman–Crippen LogP) is 3.64. The third kappa shape index (κ3) is 4.60. The molecule has 0 saturated carbocycles. The predicted molar refractivity (Wildman–Crippen MR) is 83.9 cm³/mol. The Kier molecular flexibility index (Phi) is 4.93. The molecule has 0 saturated heterocycles. The molecule has 0 aromatic heterocycles. The second-order valence-electron chi connectivity index (χ2n) is 5.04. The van der Waals surface area contributed by atoms with Crippen LogP contribution in [0, 0.1) is 0 Å². The molecule has 0 aliphatic heterocycles. The van der Waals surface area contributed by atoms with Crippen molar-refractivity contribution in [1.29, 1.82) is 0 Å². The van der Waals surface area contributed by atoms with Crippen LogP contribution in [0.15, 0.2) is 42.5 Å². The number of benzene rings is 2. The zero-order valence-electron chi connectivity index (χ0n) is 12.6. The maximum atomic E-state index is 5.87. The molecular weight excluding hydrogens is 266 g/mol. The number of hydrogen-bond donors (Lipinski definition) is 1. The molecule has 0 atom stereocenters. The van der Waals surface area contributed by atoms with Crippen molar-refractivity contribution in [3.8, 4) is 17.2 Å². The molecule has 4 nitrogen and oxygen atoms in total. The Bertz CT molecular complexity index is 579. The van der Waals surface area contributed by atoms with Gasteiger partial charge in [-0.05, 0) is 31.5 Å². The molecule has 2 aromatic carbocycles. The molecule has 2 N–H and O–H groups in total. The minimum absolute atomic E-state index is 0.0984. The monoisotopic (exact) mass is 287 g/mol. The van der Waals surface area contributed by atoms with Gasteiger partial charge < -0.3 is 19.9 Å². The maximum Gasteiger partial charge on any atom is 0.125 e. The Morgan fingerprint density at radius 3 is 2.24 bits per heavy atom. The lowest BCUT2D eigenvalue weighted by molar-refractivity contribution is 0.239. The van der Waals surface area contributed by atoms with Crippen LogP contribution in [0.2, 0.25) is 0 Å². The summed E-state index contributed by atoms with van der Waals surface area (Å²) >= 11 is 0. The van der Waals surface area contributed by atoms with E-state index in [1.165, 1.54) is 0 Å². The smallest absolute Gasteiger partial charge is 0.125 e. The van der Waals surface area contributed by atoms with Crippen molar-refractivity contribution in [3.05, 3.63) is 48.0 Å². The molecule has 2 aromatic rings. The fourth-order valence-electron chi connectivity index (χ4n) is 1.91. The van der Waals surface area contributed by atoms with Gasteiger partial charge in [-0.1, -0.05) is 12.1 Å². The summed E-state index contributed by atoms with van der Waals surface area (Å²) < 4.78 is 16.5.